The van der Waals surface area contributed by atoms with Gasteiger partial charge in [0.1, 0.15) is 0 Å². The molecule has 104 valence electrons. The molecule has 1 atom stereocenters. The van der Waals surface area contributed by atoms with E-state index >= 15 is 0 Å². The second-order valence-corrected chi connectivity index (χ2v) is 6.98. The van der Waals surface area contributed by atoms with E-state index in [2.05, 4.69) is 37.9 Å². The van der Waals surface area contributed by atoms with Crippen LogP contribution in [0.3, 0.4) is 0 Å². The standard InChI is InChI=1S/C15H20BrClN2/c16-13-4-3-12(15(17)9-13)10-18-8-5-14(11-18)19-6-1-2-7-19/h3-4,9,14H,1-2,5-8,10-11H2. The summed E-state index contributed by atoms with van der Waals surface area (Å²) in [6, 6.07) is 6.98. The third kappa shape index (κ3) is 3.33. The summed E-state index contributed by atoms with van der Waals surface area (Å²) >= 11 is 9.76. The van der Waals surface area contributed by atoms with Crippen LogP contribution in [0.1, 0.15) is 24.8 Å². The smallest absolute Gasteiger partial charge is 0.0462 e. The third-order valence-electron chi connectivity index (χ3n) is 4.31. The third-order valence-corrected chi connectivity index (χ3v) is 5.16. The Morgan fingerprint density at radius 3 is 2.74 bits per heavy atom. The molecule has 2 aliphatic rings. The van der Waals surface area contributed by atoms with Crippen LogP contribution in [0.15, 0.2) is 22.7 Å². The first-order valence-electron chi connectivity index (χ1n) is 7.13. The number of likely N-dealkylation sites (tertiary alicyclic amines) is 2. The fraction of sp³-hybridized carbons (Fsp3) is 0.600. The molecular formula is C15H20BrClN2. The molecule has 0 N–H and O–H groups in total. The summed E-state index contributed by atoms with van der Waals surface area (Å²) in [5, 5.41) is 0.874. The number of rotatable bonds is 3. The molecule has 3 rings (SSSR count). The van der Waals surface area contributed by atoms with Crippen LogP contribution >= 0.6 is 27.5 Å². The van der Waals surface area contributed by atoms with Gasteiger partial charge >= 0.3 is 0 Å². The SMILES string of the molecule is Clc1cc(Br)ccc1CN1CCC(N2CCCC2)C1. The van der Waals surface area contributed by atoms with Gasteiger partial charge in [-0.3, -0.25) is 9.80 Å². The Kier molecular flexibility index (Phi) is 4.47. The molecule has 1 aromatic carbocycles. The van der Waals surface area contributed by atoms with E-state index in [0.717, 1.165) is 22.1 Å². The second kappa shape index (κ2) is 6.13. The van der Waals surface area contributed by atoms with Crippen molar-refractivity contribution in [1.29, 1.82) is 0 Å². The monoisotopic (exact) mass is 342 g/mol. The van der Waals surface area contributed by atoms with Crippen molar-refractivity contribution < 1.29 is 0 Å². The van der Waals surface area contributed by atoms with Crippen molar-refractivity contribution in [3.63, 3.8) is 0 Å². The minimum absolute atomic E-state index is 0.775. The van der Waals surface area contributed by atoms with E-state index in [1.807, 2.05) is 6.07 Å². The Hall–Kier alpha value is -0.0900. The minimum Gasteiger partial charge on any atom is -0.299 e. The van der Waals surface area contributed by atoms with Gasteiger partial charge in [-0.2, -0.15) is 0 Å². The average molecular weight is 344 g/mol. The zero-order valence-electron chi connectivity index (χ0n) is 11.1. The van der Waals surface area contributed by atoms with Gasteiger partial charge in [-0.25, -0.2) is 0 Å². The highest BCUT2D eigenvalue weighted by Gasteiger charge is 2.29. The minimum atomic E-state index is 0.775. The largest absolute Gasteiger partial charge is 0.299 e. The van der Waals surface area contributed by atoms with Crippen molar-refractivity contribution in [2.75, 3.05) is 26.2 Å². The quantitative estimate of drug-likeness (QED) is 0.824. The van der Waals surface area contributed by atoms with Crippen LogP contribution < -0.4 is 0 Å². The lowest BCUT2D eigenvalue weighted by Gasteiger charge is -2.23. The first-order chi connectivity index (χ1) is 9.22. The average Bonchev–Trinajstić information content (AvgIpc) is 3.03. The van der Waals surface area contributed by atoms with Crippen molar-refractivity contribution in [3.05, 3.63) is 33.3 Å². The number of nitrogens with zero attached hydrogens (tertiary/aromatic N) is 2. The zero-order chi connectivity index (χ0) is 13.2. The number of hydrogen-bond donors (Lipinski definition) is 0. The first-order valence-corrected chi connectivity index (χ1v) is 8.30. The van der Waals surface area contributed by atoms with Gasteiger partial charge in [-0.15, -0.1) is 0 Å². The van der Waals surface area contributed by atoms with Gasteiger partial charge in [0, 0.05) is 35.2 Å². The predicted molar refractivity (Wildman–Crippen MR) is 83.6 cm³/mol. The van der Waals surface area contributed by atoms with E-state index < -0.39 is 0 Å². The summed E-state index contributed by atoms with van der Waals surface area (Å²) in [6.07, 6.45) is 4.08. The number of hydrogen-bond acceptors (Lipinski definition) is 2. The predicted octanol–water partition coefficient (Wildman–Crippen LogP) is 3.77. The fourth-order valence-corrected chi connectivity index (χ4v) is 3.98. The van der Waals surface area contributed by atoms with Crippen LogP contribution in [-0.2, 0) is 6.54 Å². The lowest BCUT2D eigenvalue weighted by Crippen LogP contribution is -2.35. The van der Waals surface area contributed by atoms with Crippen LogP contribution in [0.5, 0.6) is 0 Å². The summed E-state index contributed by atoms with van der Waals surface area (Å²) in [5.41, 5.74) is 1.24. The number of benzene rings is 1. The molecule has 0 spiro atoms. The molecule has 0 radical (unpaired) electrons. The van der Waals surface area contributed by atoms with Crippen molar-refractivity contribution in [3.8, 4) is 0 Å². The van der Waals surface area contributed by atoms with Crippen LogP contribution in [-0.4, -0.2) is 42.0 Å². The molecule has 0 aliphatic carbocycles. The highest BCUT2D eigenvalue weighted by molar-refractivity contribution is 9.10. The second-order valence-electron chi connectivity index (χ2n) is 5.66. The molecule has 2 nitrogen and oxygen atoms in total. The van der Waals surface area contributed by atoms with Gasteiger partial charge in [0.15, 0.2) is 0 Å². The van der Waals surface area contributed by atoms with E-state index in [4.69, 9.17) is 11.6 Å². The van der Waals surface area contributed by atoms with E-state index in [-0.39, 0.29) is 0 Å². The maximum absolute atomic E-state index is 6.30. The maximum Gasteiger partial charge on any atom is 0.0462 e. The lowest BCUT2D eigenvalue weighted by atomic mass is 10.2. The van der Waals surface area contributed by atoms with Crippen molar-refractivity contribution in [2.45, 2.75) is 31.8 Å². The fourth-order valence-electron chi connectivity index (χ4n) is 3.25. The molecule has 0 aromatic heterocycles. The van der Waals surface area contributed by atoms with Crippen molar-refractivity contribution in [1.82, 2.24) is 9.80 Å². The highest BCUT2D eigenvalue weighted by atomic mass is 79.9. The summed E-state index contributed by atoms with van der Waals surface area (Å²) in [6.45, 7) is 5.99. The van der Waals surface area contributed by atoms with Crippen LogP contribution in [0.4, 0.5) is 0 Å². The number of halogens is 2. The van der Waals surface area contributed by atoms with Gasteiger partial charge in [-0.1, -0.05) is 33.6 Å². The Morgan fingerprint density at radius 1 is 1.21 bits per heavy atom. The Bertz CT molecular complexity index is 446. The molecule has 2 heterocycles. The molecular weight excluding hydrogens is 324 g/mol. The molecule has 0 bridgehead atoms. The highest BCUT2D eigenvalue weighted by Crippen LogP contribution is 2.26. The van der Waals surface area contributed by atoms with Crippen LogP contribution in [0.2, 0.25) is 5.02 Å². The van der Waals surface area contributed by atoms with Crippen molar-refractivity contribution >= 4 is 27.5 Å². The summed E-state index contributed by atoms with van der Waals surface area (Å²) in [7, 11) is 0. The summed E-state index contributed by atoms with van der Waals surface area (Å²) in [5.74, 6) is 0. The van der Waals surface area contributed by atoms with Gasteiger partial charge in [0.2, 0.25) is 0 Å². The van der Waals surface area contributed by atoms with Gasteiger partial charge in [0.05, 0.1) is 0 Å². The molecule has 0 saturated carbocycles. The Labute approximate surface area is 128 Å². The van der Waals surface area contributed by atoms with E-state index in [0.29, 0.717) is 0 Å². The zero-order valence-corrected chi connectivity index (χ0v) is 13.5. The summed E-state index contributed by atoms with van der Waals surface area (Å²) < 4.78 is 1.05. The van der Waals surface area contributed by atoms with Gasteiger partial charge in [-0.05, 0) is 50.0 Å². The maximum atomic E-state index is 6.30. The molecule has 2 saturated heterocycles. The van der Waals surface area contributed by atoms with E-state index in [1.54, 1.807) is 0 Å². The molecule has 1 unspecified atom stereocenters. The van der Waals surface area contributed by atoms with E-state index in [1.165, 1.54) is 51.0 Å². The van der Waals surface area contributed by atoms with Crippen LogP contribution in [0.25, 0.3) is 0 Å². The van der Waals surface area contributed by atoms with Gasteiger partial charge < -0.3 is 0 Å². The molecule has 4 heteroatoms. The van der Waals surface area contributed by atoms with Gasteiger partial charge in [0.25, 0.3) is 0 Å². The Balaban J connectivity index is 1.59. The molecule has 1 aromatic rings. The molecule has 0 amide bonds. The van der Waals surface area contributed by atoms with E-state index in [9.17, 15) is 0 Å². The first kappa shape index (κ1) is 13.9. The molecule has 2 aliphatic heterocycles. The van der Waals surface area contributed by atoms with Crippen molar-refractivity contribution in [2.24, 2.45) is 0 Å². The lowest BCUT2D eigenvalue weighted by molar-refractivity contribution is 0.230. The molecule has 19 heavy (non-hydrogen) atoms. The molecule has 2 fully saturated rings. The normalized spacial score (nSPS) is 25.3. The van der Waals surface area contributed by atoms with Crippen LogP contribution in [0, 0.1) is 0 Å². The summed E-state index contributed by atoms with van der Waals surface area (Å²) in [4.78, 5) is 5.21. The Morgan fingerprint density at radius 2 is 2.00 bits per heavy atom. The topological polar surface area (TPSA) is 6.48 Å².